The predicted molar refractivity (Wildman–Crippen MR) is 131 cm³/mol. The molecule has 1 unspecified atom stereocenters. The van der Waals surface area contributed by atoms with Crippen molar-refractivity contribution in [2.45, 2.75) is 146 Å². The molecule has 33 heavy (non-hydrogen) atoms. The monoisotopic (exact) mass is 462 g/mol. The third-order valence-corrected chi connectivity index (χ3v) is 7.62. The van der Waals surface area contributed by atoms with Crippen molar-refractivity contribution in [3.63, 3.8) is 0 Å². The van der Waals surface area contributed by atoms with Gasteiger partial charge in [0.1, 0.15) is 12.1 Å². The Morgan fingerprint density at radius 2 is 1.42 bits per heavy atom. The van der Waals surface area contributed by atoms with Crippen LogP contribution < -0.4 is 5.32 Å². The van der Waals surface area contributed by atoms with Crippen molar-refractivity contribution in [1.82, 2.24) is 10.4 Å². The quantitative estimate of drug-likeness (QED) is 0.201. The summed E-state index contributed by atoms with van der Waals surface area (Å²) in [6, 6.07) is -0.0359. The molecule has 0 bridgehead atoms. The standard InChI is InChI=1S/C27H46N2O4/c1-2-3-4-5-12-21-25(28-27(31)32-24-19-13-14-20-24)26(30)33-29(22-15-8-6-9-16-22)23-17-10-7-11-18-23/h2,22-25H,1,3-21H2,(H,28,31). The first kappa shape index (κ1) is 26.1. The molecule has 188 valence electrons. The van der Waals surface area contributed by atoms with E-state index in [9.17, 15) is 9.59 Å². The molecule has 3 saturated carbocycles. The smallest absolute Gasteiger partial charge is 0.408 e. The molecule has 3 rings (SSSR count). The largest absolute Gasteiger partial charge is 0.446 e. The number of alkyl carbamates (subject to hydrolysis) is 1. The number of carbonyl (C=O) groups is 2. The molecule has 6 heteroatoms. The fourth-order valence-corrected chi connectivity index (χ4v) is 5.68. The Bertz CT molecular complexity index is 575. The first-order valence-electron chi connectivity index (χ1n) is 13.8. The van der Waals surface area contributed by atoms with E-state index >= 15 is 0 Å². The van der Waals surface area contributed by atoms with E-state index in [-0.39, 0.29) is 12.1 Å². The van der Waals surface area contributed by atoms with Gasteiger partial charge in [-0.3, -0.25) is 0 Å². The molecular formula is C27H46N2O4. The van der Waals surface area contributed by atoms with Gasteiger partial charge >= 0.3 is 12.1 Å². The minimum Gasteiger partial charge on any atom is -0.446 e. The van der Waals surface area contributed by atoms with Gasteiger partial charge in [0.05, 0.1) is 0 Å². The Balaban J connectivity index is 1.61. The molecule has 3 aliphatic rings. The molecule has 0 aliphatic heterocycles. The fourth-order valence-electron chi connectivity index (χ4n) is 5.68. The molecule has 3 fully saturated rings. The van der Waals surface area contributed by atoms with E-state index in [0.717, 1.165) is 77.0 Å². The van der Waals surface area contributed by atoms with Crippen LogP contribution in [0.4, 0.5) is 4.79 Å². The van der Waals surface area contributed by atoms with Gasteiger partial charge in [-0.2, -0.15) is 0 Å². The van der Waals surface area contributed by atoms with Crippen molar-refractivity contribution in [1.29, 1.82) is 0 Å². The van der Waals surface area contributed by atoms with Gasteiger partial charge in [-0.25, -0.2) is 9.59 Å². The Hall–Kier alpha value is -1.56. The third kappa shape index (κ3) is 8.95. The summed E-state index contributed by atoms with van der Waals surface area (Å²) in [7, 11) is 0. The summed E-state index contributed by atoms with van der Waals surface area (Å²) in [6.45, 7) is 3.78. The molecule has 3 aliphatic carbocycles. The van der Waals surface area contributed by atoms with Crippen molar-refractivity contribution in [3.05, 3.63) is 12.7 Å². The van der Waals surface area contributed by atoms with Gasteiger partial charge in [-0.15, -0.1) is 11.6 Å². The van der Waals surface area contributed by atoms with E-state index in [0.29, 0.717) is 18.5 Å². The van der Waals surface area contributed by atoms with E-state index in [1.165, 1.54) is 38.5 Å². The van der Waals surface area contributed by atoms with Crippen LogP contribution in [0.25, 0.3) is 0 Å². The zero-order chi connectivity index (χ0) is 23.3. The Morgan fingerprint density at radius 1 is 0.848 bits per heavy atom. The van der Waals surface area contributed by atoms with E-state index in [4.69, 9.17) is 9.57 Å². The maximum absolute atomic E-state index is 13.4. The molecule has 1 N–H and O–H groups in total. The lowest BCUT2D eigenvalue weighted by molar-refractivity contribution is -0.225. The number of hydroxylamine groups is 2. The molecule has 0 aromatic heterocycles. The van der Waals surface area contributed by atoms with Crippen LogP contribution in [0.15, 0.2) is 12.7 Å². The van der Waals surface area contributed by atoms with Crippen LogP contribution in [0.3, 0.4) is 0 Å². The average Bonchev–Trinajstić information content (AvgIpc) is 3.35. The number of ether oxygens (including phenoxy) is 1. The lowest BCUT2D eigenvalue weighted by Gasteiger charge is -2.40. The number of nitrogens with one attached hydrogen (secondary N) is 1. The number of rotatable bonds is 12. The van der Waals surface area contributed by atoms with Crippen molar-refractivity contribution >= 4 is 12.1 Å². The Kier molecular flexibility index (Phi) is 11.6. The van der Waals surface area contributed by atoms with Gasteiger partial charge in [0.25, 0.3) is 0 Å². The zero-order valence-electron chi connectivity index (χ0n) is 20.6. The van der Waals surface area contributed by atoms with Crippen LogP contribution in [0.2, 0.25) is 0 Å². The second-order valence-electron chi connectivity index (χ2n) is 10.3. The van der Waals surface area contributed by atoms with Gasteiger partial charge < -0.3 is 14.9 Å². The summed E-state index contributed by atoms with van der Waals surface area (Å²) in [4.78, 5) is 32.1. The van der Waals surface area contributed by atoms with Crippen molar-refractivity contribution in [3.8, 4) is 0 Å². The number of unbranched alkanes of at least 4 members (excludes halogenated alkanes) is 3. The molecule has 0 aromatic carbocycles. The maximum Gasteiger partial charge on any atom is 0.408 e. The Morgan fingerprint density at radius 3 is 2.00 bits per heavy atom. The third-order valence-electron chi connectivity index (χ3n) is 7.62. The highest BCUT2D eigenvalue weighted by Crippen LogP contribution is 2.31. The number of nitrogens with zero attached hydrogens (tertiary/aromatic N) is 1. The highest BCUT2D eigenvalue weighted by atomic mass is 16.7. The van der Waals surface area contributed by atoms with Crippen LogP contribution in [0.5, 0.6) is 0 Å². The SMILES string of the molecule is C=CCCCCCC(NC(=O)OC1CCCC1)C(=O)ON(C1CCCCC1)C1CCCCC1. The lowest BCUT2D eigenvalue weighted by Crippen LogP contribution is -2.50. The van der Waals surface area contributed by atoms with Gasteiger partial charge in [0, 0.05) is 12.1 Å². The van der Waals surface area contributed by atoms with Crippen LogP contribution in [0.1, 0.15) is 122 Å². The number of carbonyl (C=O) groups excluding carboxylic acids is 2. The molecule has 0 aromatic rings. The van der Waals surface area contributed by atoms with Gasteiger partial charge in [0.2, 0.25) is 0 Å². The molecule has 1 amide bonds. The van der Waals surface area contributed by atoms with E-state index in [1.54, 1.807) is 0 Å². The summed E-state index contributed by atoms with van der Waals surface area (Å²) in [5, 5.41) is 4.91. The van der Waals surface area contributed by atoms with E-state index < -0.39 is 12.1 Å². The molecular weight excluding hydrogens is 416 g/mol. The Labute approximate surface area is 200 Å². The second-order valence-corrected chi connectivity index (χ2v) is 10.3. The minimum atomic E-state index is -0.655. The second kappa shape index (κ2) is 14.6. The summed E-state index contributed by atoms with van der Waals surface area (Å²) < 4.78 is 5.59. The minimum absolute atomic E-state index is 0.0183. The van der Waals surface area contributed by atoms with Crippen molar-refractivity contribution in [2.75, 3.05) is 0 Å². The molecule has 6 nitrogen and oxygen atoms in total. The topological polar surface area (TPSA) is 67.9 Å². The lowest BCUT2D eigenvalue weighted by atomic mass is 9.90. The predicted octanol–water partition coefficient (Wildman–Crippen LogP) is 6.59. The summed E-state index contributed by atoms with van der Waals surface area (Å²) in [5.41, 5.74) is 0. The molecule has 0 saturated heterocycles. The van der Waals surface area contributed by atoms with Gasteiger partial charge in [-0.05, 0) is 70.6 Å². The molecule has 0 heterocycles. The van der Waals surface area contributed by atoms with Crippen molar-refractivity contribution < 1.29 is 19.2 Å². The molecule has 0 radical (unpaired) electrons. The van der Waals surface area contributed by atoms with Gasteiger partial charge in [-0.1, -0.05) is 57.4 Å². The van der Waals surface area contributed by atoms with E-state index in [2.05, 4.69) is 17.0 Å². The van der Waals surface area contributed by atoms with Gasteiger partial charge in [0.15, 0.2) is 0 Å². The van der Waals surface area contributed by atoms with Crippen molar-refractivity contribution in [2.24, 2.45) is 0 Å². The highest BCUT2D eigenvalue weighted by Gasteiger charge is 2.34. The first-order chi connectivity index (χ1) is 16.2. The first-order valence-corrected chi connectivity index (χ1v) is 13.8. The van der Waals surface area contributed by atoms with Crippen LogP contribution >= 0.6 is 0 Å². The number of amides is 1. The van der Waals surface area contributed by atoms with Crippen LogP contribution in [-0.2, 0) is 14.4 Å². The summed E-state index contributed by atoms with van der Waals surface area (Å²) in [6.07, 6.45) is 21.6. The highest BCUT2D eigenvalue weighted by molar-refractivity contribution is 5.81. The average molecular weight is 463 g/mol. The number of hydrogen-bond acceptors (Lipinski definition) is 5. The maximum atomic E-state index is 13.4. The summed E-state index contributed by atoms with van der Waals surface area (Å²) >= 11 is 0. The number of allylic oxidation sites excluding steroid dienone is 1. The van der Waals surface area contributed by atoms with E-state index in [1.807, 2.05) is 6.08 Å². The molecule has 1 atom stereocenters. The zero-order valence-corrected chi connectivity index (χ0v) is 20.6. The number of hydrogen-bond donors (Lipinski definition) is 1. The normalized spacial score (nSPS) is 21.6. The molecule has 0 spiro atoms. The fraction of sp³-hybridized carbons (Fsp3) is 0.852. The van der Waals surface area contributed by atoms with Crippen LogP contribution in [0, 0.1) is 0 Å². The van der Waals surface area contributed by atoms with Crippen LogP contribution in [-0.4, -0.2) is 41.4 Å². The summed E-state index contributed by atoms with van der Waals surface area (Å²) in [5.74, 6) is -0.321.